The van der Waals surface area contributed by atoms with Crippen LogP contribution in [0.5, 0.6) is 0 Å². The van der Waals surface area contributed by atoms with Crippen molar-refractivity contribution >= 4 is 5.91 Å². The first-order valence-electron chi connectivity index (χ1n) is 8.28. The van der Waals surface area contributed by atoms with Gasteiger partial charge < -0.3 is 9.42 Å². The highest BCUT2D eigenvalue weighted by atomic mass is 16.5. The lowest BCUT2D eigenvalue weighted by atomic mass is 10.2. The highest BCUT2D eigenvalue weighted by molar-refractivity contribution is 5.95. The molecule has 0 aliphatic carbocycles. The van der Waals surface area contributed by atoms with E-state index in [4.69, 9.17) is 4.52 Å². The second-order valence-corrected chi connectivity index (χ2v) is 6.54. The van der Waals surface area contributed by atoms with E-state index >= 15 is 0 Å². The van der Waals surface area contributed by atoms with Gasteiger partial charge in [0.2, 0.25) is 5.89 Å². The molecule has 1 aliphatic rings. The van der Waals surface area contributed by atoms with Crippen molar-refractivity contribution in [1.29, 1.82) is 0 Å². The first kappa shape index (κ1) is 16.6. The van der Waals surface area contributed by atoms with Crippen molar-refractivity contribution in [2.45, 2.75) is 33.2 Å². The van der Waals surface area contributed by atoms with Crippen molar-refractivity contribution in [2.75, 3.05) is 26.2 Å². The molecule has 0 spiro atoms. The molecule has 8 heteroatoms. The van der Waals surface area contributed by atoms with E-state index in [9.17, 15) is 4.79 Å². The Morgan fingerprint density at radius 3 is 2.54 bits per heavy atom. The molecule has 1 amide bonds. The van der Waals surface area contributed by atoms with Gasteiger partial charge in [-0.2, -0.15) is 10.1 Å². The van der Waals surface area contributed by atoms with Gasteiger partial charge in [0.1, 0.15) is 0 Å². The molecular weight excluding hydrogens is 308 g/mol. The van der Waals surface area contributed by atoms with E-state index in [1.165, 1.54) is 0 Å². The van der Waals surface area contributed by atoms with Crippen LogP contribution < -0.4 is 0 Å². The summed E-state index contributed by atoms with van der Waals surface area (Å²) in [5.74, 6) is 1.70. The number of carbonyl (C=O) groups is 1. The molecule has 0 unspecified atom stereocenters. The van der Waals surface area contributed by atoms with E-state index in [1.54, 1.807) is 10.9 Å². The van der Waals surface area contributed by atoms with Crippen molar-refractivity contribution in [3.8, 4) is 0 Å². The number of rotatable bonds is 4. The molecule has 0 N–H and O–H groups in total. The molecule has 3 rings (SSSR count). The van der Waals surface area contributed by atoms with Crippen molar-refractivity contribution in [3.05, 3.63) is 29.2 Å². The maximum Gasteiger partial charge on any atom is 0.257 e. The third kappa shape index (κ3) is 3.33. The molecule has 2 aromatic rings. The van der Waals surface area contributed by atoms with Gasteiger partial charge in [-0.15, -0.1) is 0 Å². The third-order valence-electron chi connectivity index (χ3n) is 4.48. The number of amides is 1. The molecule has 0 atom stereocenters. The first-order chi connectivity index (χ1) is 11.5. The minimum absolute atomic E-state index is 0.0557. The van der Waals surface area contributed by atoms with Gasteiger partial charge in [-0.1, -0.05) is 19.0 Å². The molecule has 130 valence electrons. The molecule has 1 aliphatic heterocycles. The van der Waals surface area contributed by atoms with E-state index in [0.717, 1.165) is 24.6 Å². The Morgan fingerprint density at radius 2 is 2.00 bits per heavy atom. The zero-order valence-electron chi connectivity index (χ0n) is 14.7. The maximum atomic E-state index is 12.6. The average molecular weight is 332 g/mol. The summed E-state index contributed by atoms with van der Waals surface area (Å²) in [4.78, 5) is 21.1. The minimum Gasteiger partial charge on any atom is -0.338 e. The van der Waals surface area contributed by atoms with E-state index < -0.39 is 0 Å². The summed E-state index contributed by atoms with van der Waals surface area (Å²) < 4.78 is 7.02. The monoisotopic (exact) mass is 332 g/mol. The lowest BCUT2D eigenvalue weighted by Crippen LogP contribution is -2.48. The predicted molar refractivity (Wildman–Crippen MR) is 87.5 cm³/mol. The molecule has 0 saturated carbocycles. The Labute approximate surface area is 141 Å². The number of piperazine rings is 1. The Kier molecular flexibility index (Phi) is 4.66. The van der Waals surface area contributed by atoms with Crippen molar-refractivity contribution < 1.29 is 9.32 Å². The number of aromatic nitrogens is 4. The normalized spacial score (nSPS) is 16.1. The van der Waals surface area contributed by atoms with E-state index in [1.807, 2.05) is 32.7 Å². The van der Waals surface area contributed by atoms with Crippen LogP contribution in [-0.2, 0) is 13.6 Å². The second kappa shape index (κ2) is 6.72. The molecular formula is C16H24N6O2. The summed E-state index contributed by atoms with van der Waals surface area (Å²) in [6, 6.07) is 0. The Balaban J connectivity index is 1.55. The smallest absolute Gasteiger partial charge is 0.257 e. The molecule has 0 radical (unpaired) electrons. The molecule has 1 saturated heterocycles. The Morgan fingerprint density at radius 1 is 1.29 bits per heavy atom. The van der Waals surface area contributed by atoms with Crippen LogP contribution in [0.25, 0.3) is 0 Å². The second-order valence-electron chi connectivity index (χ2n) is 6.54. The Hall–Kier alpha value is -2.22. The zero-order valence-corrected chi connectivity index (χ0v) is 14.7. The lowest BCUT2D eigenvalue weighted by Gasteiger charge is -2.33. The van der Waals surface area contributed by atoms with Gasteiger partial charge in [0.15, 0.2) is 5.82 Å². The van der Waals surface area contributed by atoms with Gasteiger partial charge in [-0.05, 0) is 6.92 Å². The number of nitrogens with zero attached hydrogens (tertiary/aromatic N) is 6. The van der Waals surface area contributed by atoms with Crippen LogP contribution in [0, 0.1) is 6.92 Å². The van der Waals surface area contributed by atoms with Crippen LogP contribution in [-0.4, -0.2) is 61.8 Å². The van der Waals surface area contributed by atoms with Crippen molar-refractivity contribution in [1.82, 2.24) is 29.7 Å². The fourth-order valence-electron chi connectivity index (χ4n) is 2.75. The highest BCUT2D eigenvalue weighted by Gasteiger charge is 2.25. The van der Waals surface area contributed by atoms with Gasteiger partial charge in [-0.3, -0.25) is 14.4 Å². The summed E-state index contributed by atoms with van der Waals surface area (Å²) in [6.45, 7) is 9.61. The zero-order chi connectivity index (χ0) is 17.3. The Bertz CT molecular complexity index is 712. The van der Waals surface area contributed by atoms with Gasteiger partial charge in [0.05, 0.1) is 18.3 Å². The molecule has 24 heavy (non-hydrogen) atoms. The van der Waals surface area contributed by atoms with Crippen LogP contribution in [0.3, 0.4) is 0 Å². The fourth-order valence-corrected chi connectivity index (χ4v) is 2.75. The average Bonchev–Trinajstić information content (AvgIpc) is 3.16. The largest absolute Gasteiger partial charge is 0.338 e. The third-order valence-corrected chi connectivity index (χ3v) is 4.48. The standard InChI is InChI=1S/C16H24N6O2/c1-11(2)15-18-14(24-19-15)10-21-5-7-22(8-6-21)16(23)13-9-17-20(4)12(13)3/h9,11H,5-8,10H2,1-4H3. The summed E-state index contributed by atoms with van der Waals surface area (Å²) in [7, 11) is 1.85. The quantitative estimate of drug-likeness (QED) is 0.837. The van der Waals surface area contributed by atoms with Crippen LogP contribution >= 0.6 is 0 Å². The SMILES string of the molecule is Cc1c(C(=O)N2CCN(Cc3nc(C(C)C)no3)CC2)cnn1C. The van der Waals surface area contributed by atoms with Crippen LogP contribution in [0.1, 0.15) is 47.5 Å². The van der Waals surface area contributed by atoms with Crippen molar-refractivity contribution in [3.63, 3.8) is 0 Å². The summed E-state index contributed by atoms with van der Waals surface area (Å²) in [6.07, 6.45) is 1.65. The van der Waals surface area contributed by atoms with Crippen LogP contribution in [0.4, 0.5) is 0 Å². The minimum atomic E-state index is 0.0557. The summed E-state index contributed by atoms with van der Waals surface area (Å²) in [5, 5.41) is 8.14. The molecule has 0 aromatic carbocycles. The molecule has 1 fully saturated rings. The van der Waals surface area contributed by atoms with Crippen LogP contribution in [0.15, 0.2) is 10.7 Å². The number of hydrogen-bond donors (Lipinski definition) is 0. The maximum absolute atomic E-state index is 12.6. The van der Waals surface area contributed by atoms with E-state index in [2.05, 4.69) is 20.1 Å². The fraction of sp³-hybridized carbons (Fsp3) is 0.625. The highest BCUT2D eigenvalue weighted by Crippen LogP contribution is 2.14. The summed E-state index contributed by atoms with van der Waals surface area (Å²) in [5.41, 5.74) is 1.58. The van der Waals surface area contributed by atoms with Gasteiger partial charge >= 0.3 is 0 Å². The van der Waals surface area contributed by atoms with E-state index in [-0.39, 0.29) is 11.8 Å². The number of hydrogen-bond acceptors (Lipinski definition) is 6. The predicted octanol–water partition coefficient (Wildman–Crippen LogP) is 1.19. The summed E-state index contributed by atoms with van der Waals surface area (Å²) >= 11 is 0. The first-order valence-corrected chi connectivity index (χ1v) is 8.28. The molecule has 8 nitrogen and oxygen atoms in total. The van der Waals surface area contributed by atoms with Gasteiger partial charge in [0, 0.05) is 44.8 Å². The molecule has 2 aromatic heterocycles. The molecule has 0 bridgehead atoms. The molecule has 3 heterocycles. The van der Waals surface area contributed by atoms with E-state index in [0.29, 0.717) is 31.1 Å². The number of carbonyl (C=O) groups excluding carboxylic acids is 1. The van der Waals surface area contributed by atoms with Gasteiger partial charge in [-0.25, -0.2) is 0 Å². The topological polar surface area (TPSA) is 80.3 Å². The van der Waals surface area contributed by atoms with Crippen LogP contribution in [0.2, 0.25) is 0 Å². The van der Waals surface area contributed by atoms with Gasteiger partial charge in [0.25, 0.3) is 5.91 Å². The number of aryl methyl sites for hydroxylation is 1. The lowest BCUT2D eigenvalue weighted by molar-refractivity contribution is 0.0614. The van der Waals surface area contributed by atoms with Crippen molar-refractivity contribution in [2.24, 2.45) is 7.05 Å².